The van der Waals surface area contributed by atoms with Crippen molar-refractivity contribution in [2.24, 2.45) is 0 Å². The second-order valence-corrected chi connectivity index (χ2v) is 10.6. The Hall–Kier alpha value is -4.36. The first kappa shape index (κ1) is 19.9. The van der Waals surface area contributed by atoms with E-state index in [-0.39, 0.29) is 5.41 Å². The fourth-order valence-electron chi connectivity index (χ4n) is 6.44. The third-order valence-electron chi connectivity index (χ3n) is 8.24. The maximum absolute atomic E-state index is 6.44. The van der Waals surface area contributed by atoms with Gasteiger partial charge in [0.05, 0.1) is 0 Å². The number of rotatable bonds is 1. The van der Waals surface area contributed by atoms with E-state index in [1.54, 1.807) is 0 Å². The van der Waals surface area contributed by atoms with E-state index in [1.807, 2.05) is 0 Å². The van der Waals surface area contributed by atoms with Crippen molar-refractivity contribution >= 4 is 21.5 Å². The Morgan fingerprint density at radius 2 is 1.17 bits per heavy atom. The number of hydrogen-bond donors (Lipinski definition) is 0. The van der Waals surface area contributed by atoms with Crippen molar-refractivity contribution < 1.29 is 4.74 Å². The van der Waals surface area contributed by atoms with E-state index < -0.39 is 0 Å². The molecule has 1 aliphatic carbocycles. The number of fused-ring (bicyclic) bond motifs is 6. The van der Waals surface area contributed by atoms with Crippen molar-refractivity contribution in [3.8, 4) is 44.9 Å². The minimum Gasteiger partial charge on any atom is -0.456 e. The van der Waals surface area contributed by atoms with Crippen molar-refractivity contribution in [3.63, 3.8) is 0 Å². The highest BCUT2D eigenvalue weighted by molar-refractivity contribution is 6.07. The van der Waals surface area contributed by atoms with Crippen molar-refractivity contribution in [2.75, 3.05) is 0 Å². The second-order valence-electron chi connectivity index (χ2n) is 10.6. The molecule has 170 valence electrons. The Morgan fingerprint density at radius 3 is 2.03 bits per heavy atom. The third-order valence-corrected chi connectivity index (χ3v) is 8.24. The molecule has 8 rings (SSSR count). The van der Waals surface area contributed by atoms with E-state index in [2.05, 4.69) is 123 Å². The van der Waals surface area contributed by atoms with Crippen LogP contribution in [0.1, 0.15) is 25.0 Å². The molecular weight excluding hydrogens is 436 g/mol. The molecule has 1 heterocycles. The Kier molecular flexibility index (Phi) is 3.79. The van der Waals surface area contributed by atoms with E-state index in [0.717, 1.165) is 11.5 Å². The predicted molar refractivity (Wildman–Crippen MR) is 150 cm³/mol. The van der Waals surface area contributed by atoms with Gasteiger partial charge in [0.25, 0.3) is 0 Å². The minimum absolute atomic E-state index is 0.0668. The molecule has 0 saturated heterocycles. The minimum atomic E-state index is -0.0668. The quantitative estimate of drug-likeness (QED) is 0.237. The van der Waals surface area contributed by atoms with Crippen LogP contribution in [0.4, 0.5) is 0 Å². The molecule has 0 bridgehead atoms. The van der Waals surface area contributed by atoms with E-state index in [0.29, 0.717) is 0 Å². The molecule has 0 atom stereocenters. The predicted octanol–water partition coefficient (Wildman–Crippen LogP) is 9.74. The molecule has 6 aromatic carbocycles. The van der Waals surface area contributed by atoms with Gasteiger partial charge in [-0.3, -0.25) is 0 Å². The van der Waals surface area contributed by atoms with Gasteiger partial charge in [0, 0.05) is 16.4 Å². The maximum Gasteiger partial charge on any atom is 0.135 e. The van der Waals surface area contributed by atoms with Crippen LogP contribution in [0.2, 0.25) is 0 Å². The SMILES string of the molecule is CC1(C)c2cc(-c3cccc4c3-c3cccc5cccc(c35)O4)ccc2-c2cc3ccccc3cc21. The molecule has 0 unspecified atom stereocenters. The smallest absolute Gasteiger partial charge is 0.135 e. The summed E-state index contributed by atoms with van der Waals surface area (Å²) >= 11 is 0. The van der Waals surface area contributed by atoms with Crippen LogP contribution in [-0.2, 0) is 5.41 Å². The molecule has 0 spiro atoms. The van der Waals surface area contributed by atoms with Gasteiger partial charge in [0.15, 0.2) is 0 Å². The van der Waals surface area contributed by atoms with Crippen LogP contribution in [0, 0.1) is 0 Å². The average Bonchev–Trinajstić information content (AvgIpc) is 3.13. The second kappa shape index (κ2) is 6.86. The zero-order chi connectivity index (χ0) is 24.0. The van der Waals surface area contributed by atoms with E-state index >= 15 is 0 Å². The van der Waals surface area contributed by atoms with Crippen LogP contribution in [0.15, 0.2) is 109 Å². The summed E-state index contributed by atoms with van der Waals surface area (Å²) in [5, 5.41) is 5.01. The molecule has 1 heteroatoms. The molecule has 0 fully saturated rings. The Bertz CT molecular complexity index is 1880. The van der Waals surface area contributed by atoms with Gasteiger partial charge in [-0.2, -0.15) is 0 Å². The molecular formula is C35H24O. The summed E-state index contributed by atoms with van der Waals surface area (Å²) in [4.78, 5) is 0. The monoisotopic (exact) mass is 460 g/mol. The zero-order valence-electron chi connectivity index (χ0n) is 20.3. The summed E-state index contributed by atoms with van der Waals surface area (Å²) in [6.07, 6.45) is 0. The fraction of sp³-hybridized carbons (Fsp3) is 0.0857. The highest BCUT2D eigenvalue weighted by atomic mass is 16.5. The van der Waals surface area contributed by atoms with Gasteiger partial charge in [0.1, 0.15) is 11.5 Å². The maximum atomic E-state index is 6.44. The Balaban J connectivity index is 1.36. The largest absolute Gasteiger partial charge is 0.456 e. The molecule has 1 nitrogen and oxygen atoms in total. The van der Waals surface area contributed by atoms with Crippen LogP contribution in [0.3, 0.4) is 0 Å². The highest BCUT2D eigenvalue weighted by Crippen LogP contribution is 2.53. The molecule has 0 radical (unpaired) electrons. The lowest BCUT2D eigenvalue weighted by Crippen LogP contribution is -2.15. The van der Waals surface area contributed by atoms with Gasteiger partial charge in [-0.25, -0.2) is 0 Å². The van der Waals surface area contributed by atoms with Gasteiger partial charge >= 0.3 is 0 Å². The van der Waals surface area contributed by atoms with Crippen LogP contribution in [0.5, 0.6) is 11.5 Å². The lowest BCUT2D eigenvalue weighted by molar-refractivity contribution is 0.487. The Labute approximate surface area is 210 Å². The standard InChI is InChI=1S/C35H24O/c1-35(2)29-20-24(16-17-26(29)28-18-22-8-3-4-9-23(22)19-30(28)35)25-12-7-15-32-34(25)27-13-5-10-21-11-6-14-31(36-32)33(21)27/h3-20H,1-2H3. The summed E-state index contributed by atoms with van der Waals surface area (Å²) in [7, 11) is 0. The van der Waals surface area contributed by atoms with Gasteiger partial charge in [-0.1, -0.05) is 92.7 Å². The summed E-state index contributed by atoms with van der Waals surface area (Å²) in [5.41, 5.74) is 10.3. The van der Waals surface area contributed by atoms with Crippen molar-refractivity contribution in [2.45, 2.75) is 19.3 Å². The molecule has 36 heavy (non-hydrogen) atoms. The molecule has 0 N–H and O–H groups in total. The van der Waals surface area contributed by atoms with E-state index in [9.17, 15) is 0 Å². The number of benzene rings is 6. The van der Waals surface area contributed by atoms with Crippen molar-refractivity contribution in [1.29, 1.82) is 0 Å². The third kappa shape index (κ3) is 2.55. The first-order chi connectivity index (χ1) is 17.6. The van der Waals surface area contributed by atoms with Crippen LogP contribution < -0.4 is 4.74 Å². The summed E-state index contributed by atoms with van der Waals surface area (Å²) in [6.45, 7) is 4.72. The van der Waals surface area contributed by atoms with Crippen molar-refractivity contribution in [1.82, 2.24) is 0 Å². The molecule has 0 saturated carbocycles. The molecule has 2 aliphatic rings. The first-order valence-corrected chi connectivity index (χ1v) is 12.6. The lowest BCUT2D eigenvalue weighted by Gasteiger charge is -2.25. The summed E-state index contributed by atoms with van der Waals surface area (Å²) in [5.74, 6) is 1.86. The first-order valence-electron chi connectivity index (χ1n) is 12.6. The topological polar surface area (TPSA) is 9.23 Å². The Morgan fingerprint density at radius 1 is 0.500 bits per heavy atom. The van der Waals surface area contributed by atoms with Crippen LogP contribution in [0.25, 0.3) is 54.9 Å². The lowest BCUT2D eigenvalue weighted by atomic mass is 9.80. The summed E-state index contributed by atoms with van der Waals surface area (Å²) in [6, 6.07) is 39.8. The fourth-order valence-corrected chi connectivity index (χ4v) is 6.44. The van der Waals surface area contributed by atoms with Gasteiger partial charge < -0.3 is 4.74 Å². The van der Waals surface area contributed by atoms with Gasteiger partial charge in [-0.15, -0.1) is 0 Å². The van der Waals surface area contributed by atoms with Gasteiger partial charge in [-0.05, 0) is 85.4 Å². The van der Waals surface area contributed by atoms with Gasteiger partial charge in [0.2, 0.25) is 0 Å². The zero-order valence-corrected chi connectivity index (χ0v) is 20.3. The molecule has 6 aromatic rings. The molecule has 0 amide bonds. The van der Waals surface area contributed by atoms with E-state index in [1.165, 1.54) is 66.1 Å². The molecule has 1 aliphatic heterocycles. The molecule has 0 aromatic heterocycles. The van der Waals surface area contributed by atoms with Crippen molar-refractivity contribution in [3.05, 3.63) is 120 Å². The van der Waals surface area contributed by atoms with Crippen LogP contribution in [-0.4, -0.2) is 0 Å². The summed E-state index contributed by atoms with van der Waals surface area (Å²) < 4.78 is 6.44. The van der Waals surface area contributed by atoms with E-state index in [4.69, 9.17) is 4.74 Å². The highest BCUT2D eigenvalue weighted by Gasteiger charge is 2.36. The average molecular weight is 461 g/mol. The number of ether oxygens (including phenoxy) is 1. The number of hydrogen-bond acceptors (Lipinski definition) is 1. The van der Waals surface area contributed by atoms with Crippen LogP contribution >= 0.6 is 0 Å². The normalized spacial score (nSPS) is 14.3.